The summed E-state index contributed by atoms with van der Waals surface area (Å²) in [5, 5.41) is 11.3. The number of nitrogens with one attached hydrogen (secondary N) is 1. The number of aliphatic hydroxyl groups excluding tert-OH is 1. The minimum absolute atomic E-state index is 0.0510. The van der Waals surface area contributed by atoms with Crippen LogP contribution < -0.4 is 5.32 Å². The Morgan fingerprint density at radius 1 is 1.47 bits per heavy atom. The van der Waals surface area contributed by atoms with Crippen LogP contribution in [0.3, 0.4) is 0 Å². The molecule has 0 saturated heterocycles. The Labute approximate surface area is 112 Å². The zero-order valence-corrected chi connectivity index (χ0v) is 11.0. The minimum atomic E-state index is -0.418. The van der Waals surface area contributed by atoms with Crippen molar-refractivity contribution in [3.05, 3.63) is 29.6 Å². The SMILES string of the molecule is CN(C)CC(=O)Nc1ccc(F)cc1C#CCCO. The van der Waals surface area contributed by atoms with Gasteiger partial charge in [-0.1, -0.05) is 11.8 Å². The molecule has 1 rings (SSSR count). The van der Waals surface area contributed by atoms with Crippen LogP contribution in [-0.4, -0.2) is 43.2 Å². The Bertz CT molecular complexity index is 504. The van der Waals surface area contributed by atoms with Crippen LogP contribution in [0.5, 0.6) is 0 Å². The predicted molar refractivity (Wildman–Crippen MR) is 72.2 cm³/mol. The van der Waals surface area contributed by atoms with Gasteiger partial charge in [-0.3, -0.25) is 4.79 Å². The summed E-state index contributed by atoms with van der Waals surface area (Å²) in [6, 6.07) is 4.00. The van der Waals surface area contributed by atoms with Crippen molar-refractivity contribution >= 4 is 11.6 Å². The molecule has 0 aliphatic carbocycles. The van der Waals surface area contributed by atoms with Gasteiger partial charge in [0.25, 0.3) is 0 Å². The summed E-state index contributed by atoms with van der Waals surface area (Å²) in [6.07, 6.45) is 0.307. The molecule has 0 aliphatic heterocycles. The lowest BCUT2D eigenvalue weighted by Gasteiger charge is -2.11. The van der Waals surface area contributed by atoms with Crippen LogP contribution in [0, 0.1) is 17.7 Å². The first-order chi connectivity index (χ1) is 9.02. The number of carbonyl (C=O) groups is 1. The molecule has 0 spiro atoms. The van der Waals surface area contributed by atoms with E-state index in [1.54, 1.807) is 19.0 Å². The maximum Gasteiger partial charge on any atom is 0.238 e. The van der Waals surface area contributed by atoms with E-state index in [9.17, 15) is 9.18 Å². The van der Waals surface area contributed by atoms with Gasteiger partial charge in [-0.2, -0.15) is 0 Å². The maximum absolute atomic E-state index is 13.2. The molecule has 0 bridgehead atoms. The fourth-order valence-corrected chi connectivity index (χ4v) is 1.42. The van der Waals surface area contributed by atoms with Crippen molar-refractivity contribution in [2.45, 2.75) is 6.42 Å². The predicted octanol–water partition coefficient (Wildman–Crippen LogP) is 1.06. The third-order valence-electron chi connectivity index (χ3n) is 2.18. The van der Waals surface area contributed by atoms with Crippen LogP contribution in [0.4, 0.5) is 10.1 Å². The molecule has 1 amide bonds. The number of amides is 1. The molecule has 2 N–H and O–H groups in total. The number of hydrogen-bond acceptors (Lipinski definition) is 3. The van der Waals surface area contributed by atoms with Crippen molar-refractivity contribution in [3.63, 3.8) is 0 Å². The molecule has 4 nitrogen and oxygen atoms in total. The molecular weight excluding hydrogens is 247 g/mol. The average molecular weight is 264 g/mol. The summed E-state index contributed by atoms with van der Waals surface area (Å²) >= 11 is 0. The zero-order chi connectivity index (χ0) is 14.3. The van der Waals surface area contributed by atoms with E-state index in [1.165, 1.54) is 18.2 Å². The van der Waals surface area contributed by atoms with E-state index in [1.807, 2.05) is 0 Å². The Morgan fingerprint density at radius 3 is 2.84 bits per heavy atom. The van der Waals surface area contributed by atoms with Gasteiger partial charge in [0.15, 0.2) is 0 Å². The summed E-state index contributed by atoms with van der Waals surface area (Å²) in [5.41, 5.74) is 0.874. The van der Waals surface area contributed by atoms with Crippen molar-refractivity contribution in [1.82, 2.24) is 4.90 Å². The molecule has 0 fully saturated rings. The number of carbonyl (C=O) groups excluding carboxylic acids is 1. The van der Waals surface area contributed by atoms with Crippen LogP contribution in [0.25, 0.3) is 0 Å². The topological polar surface area (TPSA) is 52.6 Å². The largest absolute Gasteiger partial charge is 0.395 e. The summed E-state index contributed by atoms with van der Waals surface area (Å²) in [7, 11) is 3.57. The van der Waals surface area contributed by atoms with Gasteiger partial charge in [0, 0.05) is 6.42 Å². The fraction of sp³-hybridized carbons (Fsp3) is 0.357. The zero-order valence-electron chi connectivity index (χ0n) is 11.0. The van der Waals surface area contributed by atoms with E-state index in [4.69, 9.17) is 5.11 Å². The van der Waals surface area contributed by atoms with Crippen molar-refractivity contribution < 1.29 is 14.3 Å². The molecule has 102 valence electrons. The number of rotatable bonds is 4. The number of halogens is 1. The van der Waals surface area contributed by atoms with Crippen LogP contribution in [0.2, 0.25) is 0 Å². The lowest BCUT2D eigenvalue weighted by Crippen LogP contribution is -2.27. The molecule has 0 heterocycles. The molecule has 1 aromatic rings. The summed E-state index contributed by atoms with van der Waals surface area (Å²) < 4.78 is 13.2. The standard InChI is InChI=1S/C14H17FN2O2/c1-17(2)10-14(19)16-13-7-6-12(15)9-11(13)5-3-4-8-18/h6-7,9,18H,4,8,10H2,1-2H3,(H,16,19). The highest BCUT2D eigenvalue weighted by molar-refractivity contribution is 5.93. The highest BCUT2D eigenvalue weighted by Gasteiger charge is 2.07. The third kappa shape index (κ3) is 5.51. The Hall–Kier alpha value is -1.90. The molecule has 5 heteroatoms. The Morgan fingerprint density at radius 2 is 2.21 bits per heavy atom. The number of likely N-dealkylation sites (N-methyl/N-ethyl adjacent to an activating group) is 1. The normalized spacial score (nSPS) is 9.95. The molecule has 0 atom stereocenters. The van der Waals surface area contributed by atoms with Crippen molar-refractivity contribution in [2.75, 3.05) is 32.6 Å². The first kappa shape index (κ1) is 15.2. The van der Waals surface area contributed by atoms with E-state index in [0.29, 0.717) is 17.7 Å². The lowest BCUT2D eigenvalue weighted by atomic mass is 10.1. The van der Waals surface area contributed by atoms with E-state index in [-0.39, 0.29) is 19.1 Å². The van der Waals surface area contributed by atoms with Crippen LogP contribution in [-0.2, 0) is 4.79 Å². The van der Waals surface area contributed by atoms with Crippen molar-refractivity contribution in [1.29, 1.82) is 0 Å². The van der Waals surface area contributed by atoms with Gasteiger partial charge in [-0.15, -0.1) is 0 Å². The fourth-order valence-electron chi connectivity index (χ4n) is 1.42. The minimum Gasteiger partial charge on any atom is -0.395 e. The number of aliphatic hydroxyl groups is 1. The molecule has 0 unspecified atom stereocenters. The van der Waals surface area contributed by atoms with E-state index in [0.717, 1.165) is 0 Å². The summed E-state index contributed by atoms with van der Waals surface area (Å²) in [5.74, 6) is 4.83. The highest BCUT2D eigenvalue weighted by Crippen LogP contribution is 2.16. The second kappa shape index (κ2) is 7.52. The third-order valence-corrected chi connectivity index (χ3v) is 2.18. The van der Waals surface area contributed by atoms with Crippen LogP contribution in [0.15, 0.2) is 18.2 Å². The van der Waals surface area contributed by atoms with E-state index < -0.39 is 5.82 Å². The van der Waals surface area contributed by atoms with Gasteiger partial charge < -0.3 is 15.3 Å². The highest BCUT2D eigenvalue weighted by atomic mass is 19.1. The second-order valence-electron chi connectivity index (χ2n) is 4.25. The molecular formula is C14H17FN2O2. The molecule has 0 aliphatic rings. The second-order valence-corrected chi connectivity index (χ2v) is 4.25. The first-order valence-electron chi connectivity index (χ1n) is 5.87. The van der Waals surface area contributed by atoms with Crippen LogP contribution in [0.1, 0.15) is 12.0 Å². The first-order valence-corrected chi connectivity index (χ1v) is 5.87. The smallest absolute Gasteiger partial charge is 0.238 e. The average Bonchev–Trinajstić information content (AvgIpc) is 2.32. The monoisotopic (exact) mass is 264 g/mol. The molecule has 0 aromatic heterocycles. The molecule has 0 saturated carbocycles. The number of hydrogen-bond donors (Lipinski definition) is 2. The van der Waals surface area contributed by atoms with Gasteiger partial charge in [-0.25, -0.2) is 4.39 Å². The quantitative estimate of drug-likeness (QED) is 0.800. The van der Waals surface area contributed by atoms with Crippen molar-refractivity contribution in [3.8, 4) is 11.8 Å². The molecule has 0 radical (unpaired) electrons. The number of anilines is 1. The van der Waals surface area contributed by atoms with Crippen molar-refractivity contribution in [2.24, 2.45) is 0 Å². The van der Waals surface area contributed by atoms with Gasteiger partial charge in [0.2, 0.25) is 5.91 Å². The maximum atomic E-state index is 13.2. The van der Waals surface area contributed by atoms with Gasteiger partial charge in [-0.05, 0) is 32.3 Å². The number of nitrogens with zero attached hydrogens (tertiary/aromatic N) is 1. The van der Waals surface area contributed by atoms with Crippen LogP contribution >= 0.6 is 0 Å². The number of benzene rings is 1. The Balaban J connectivity index is 2.88. The molecule has 1 aromatic carbocycles. The summed E-state index contributed by atoms with van der Waals surface area (Å²) in [6.45, 7) is 0.186. The van der Waals surface area contributed by atoms with E-state index in [2.05, 4.69) is 17.2 Å². The Kier molecular flexibility index (Phi) is 6.00. The molecule has 19 heavy (non-hydrogen) atoms. The van der Waals surface area contributed by atoms with Gasteiger partial charge >= 0.3 is 0 Å². The summed E-state index contributed by atoms with van der Waals surface area (Å²) in [4.78, 5) is 13.4. The lowest BCUT2D eigenvalue weighted by molar-refractivity contribution is -0.116. The van der Waals surface area contributed by atoms with E-state index >= 15 is 0 Å². The van der Waals surface area contributed by atoms with Gasteiger partial charge in [0.1, 0.15) is 5.82 Å². The van der Waals surface area contributed by atoms with Gasteiger partial charge in [0.05, 0.1) is 24.4 Å².